The van der Waals surface area contributed by atoms with E-state index in [1.165, 1.54) is 10.5 Å². The van der Waals surface area contributed by atoms with Gasteiger partial charge in [-0.25, -0.2) is 0 Å². The Morgan fingerprint density at radius 1 is 1.27 bits per heavy atom. The molecule has 1 saturated heterocycles. The van der Waals surface area contributed by atoms with Gasteiger partial charge >= 0.3 is 0 Å². The second-order valence-electron chi connectivity index (χ2n) is 11.7. The number of allylic oxidation sites excluding steroid dienone is 4. The molecule has 7 nitrogen and oxygen atoms in total. The third-order valence-corrected chi connectivity index (χ3v) is 8.81. The molecule has 6 atom stereocenters. The molecule has 180 valence electrons. The number of nitriles is 1. The number of amides is 1. The van der Waals surface area contributed by atoms with Gasteiger partial charge in [-0.1, -0.05) is 39.3 Å². The minimum Gasteiger partial charge on any atom is -0.381 e. The maximum atomic E-state index is 14.4. The Labute approximate surface area is 197 Å². The van der Waals surface area contributed by atoms with Crippen molar-refractivity contribution in [3.63, 3.8) is 0 Å². The van der Waals surface area contributed by atoms with E-state index in [2.05, 4.69) is 39.8 Å². The van der Waals surface area contributed by atoms with Crippen LogP contribution in [0.25, 0.3) is 0 Å². The van der Waals surface area contributed by atoms with Crippen LogP contribution in [0.15, 0.2) is 23.3 Å². The van der Waals surface area contributed by atoms with Crippen LogP contribution in [0, 0.1) is 50.7 Å². The molecular formula is C26H38N4O3. The molecule has 0 radical (unpaired) electrons. The summed E-state index contributed by atoms with van der Waals surface area (Å²) in [6.45, 7) is 10.2. The van der Waals surface area contributed by atoms with Crippen LogP contribution in [-0.2, 0) is 14.3 Å². The highest BCUT2D eigenvalue weighted by Gasteiger charge is 2.64. The molecule has 5 unspecified atom stereocenters. The zero-order valence-electron chi connectivity index (χ0n) is 20.6. The molecular weight excluding hydrogens is 416 g/mol. The number of nitrogens with one attached hydrogen (secondary N) is 1. The number of fused-ring (bicyclic) bond motifs is 1. The summed E-state index contributed by atoms with van der Waals surface area (Å²) >= 11 is 0. The number of rotatable bonds is 4. The lowest BCUT2D eigenvalue weighted by Gasteiger charge is -2.50. The first kappa shape index (κ1) is 24.0. The maximum Gasteiger partial charge on any atom is 0.233 e. The van der Waals surface area contributed by atoms with Crippen LogP contribution >= 0.6 is 0 Å². The molecule has 33 heavy (non-hydrogen) atoms. The van der Waals surface area contributed by atoms with E-state index in [1.54, 1.807) is 7.11 Å². The number of hydrogen-bond donors (Lipinski definition) is 2. The van der Waals surface area contributed by atoms with Crippen molar-refractivity contribution in [2.24, 2.45) is 39.7 Å². The highest BCUT2D eigenvalue weighted by molar-refractivity contribution is 5.97. The molecule has 1 heterocycles. The van der Waals surface area contributed by atoms with Gasteiger partial charge in [0.15, 0.2) is 5.96 Å². The Morgan fingerprint density at radius 3 is 2.39 bits per heavy atom. The number of nitrogens with zero attached hydrogens (tertiary/aromatic N) is 2. The molecule has 0 aromatic heterocycles. The van der Waals surface area contributed by atoms with Gasteiger partial charge in [0.2, 0.25) is 5.91 Å². The Morgan fingerprint density at radius 2 is 1.91 bits per heavy atom. The van der Waals surface area contributed by atoms with Gasteiger partial charge in [-0.3, -0.25) is 15.1 Å². The molecule has 7 heteroatoms. The normalized spacial score (nSPS) is 39.0. The van der Waals surface area contributed by atoms with Crippen molar-refractivity contribution in [2.45, 2.75) is 59.5 Å². The van der Waals surface area contributed by atoms with Crippen molar-refractivity contribution < 1.29 is 14.3 Å². The summed E-state index contributed by atoms with van der Waals surface area (Å²) < 4.78 is 11.2. The fourth-order valence-corrected chi connectivity index (χ4v) is 7.64. The second kappa shape index (κ2) is 8.25. The summed E-state index contributed by atoms with van der Waals surface area (Å²) in [4.78, 5) is 15.9. The molecule has 1 aliphatic heterocycles. The number of guanidine groups is 1. The monoisotopic (exact) mass is 454 g/mol. The third kappa shape index (κ3) is 3.81. The van der Waals surface area contributed by atoms with Crippen molar-refractivity contribution in [3.8, 4) is 6.07 Å². The average molecular weight is 455 g/mol. The minimum atomic E-state index is -0.457. The van der Waals surface area contributed by atoms with Crippen molar-refractivity contribution in [2.75, 3.05) is 26.9 Å². The average Bonchev–Trinajstić information content (AvgIpc) is 2.95. The molecule has 0 aromatic rings. The van der Waals surface area contributed by atoms with Crippen molar-refractivity contribution in [1.82, 2.24) is 4.90 Å². The predicted octanol–water partition coefficient (Wildman–Crippen LogP) is 3.62. The van der Waals surface area contributed by atoms with Crippen molar-refractivity contribution >= 4 is 11.9 Å². The van der Waals surface area contributed by atoms with Crippen molar-refractivity contribution in [3.05, 3.63) is 23.3 Å². The standard InChI is InChI=1S/C26H38N4O3/c1-16-8-26(9-17(2)20(16)32-5)11-19-7-6-18(12-27)10-25(19,4)21(26)22(31)30(23(28)29)13-24(3)14-33-15-24/h6-7,16-17,20-21H,8-11,13-15H2,1-5H3,(H3,28,29)/t16-,17?,20?,21?,25?,26?/m0/s1. The van der Waals surface area contributed by atoms with E-state index >= 15 is 0 Å². The number of ether oxygens (including phenoxy) is 2. The Kier molecular flexibility index (Phi) is 5.99. The van der Waals surface area contributed by atoms with Crippen LogP contribution in [0.5, 0.6) is 0 Å². The van der Waals surface area contributed by atoms with Gasteiger partial charge in [0.25, 0.3) is 0 Å². The number of nitrogens with two attached hydrogens (primary N) is 1. The summed E-state index contributed by atoms with van der Waals surface area (Å²) in [6.07, 6.45) is 7.32. The quantitative estimate of drug-likeness (QED) is 0.498. The molecule has 0 aromatic carbocycles. The van der Waals surface area contributed by atoms with Crippen LogP contribution in [0.4, 0.5) is 0 Å². The van der Waals surface area contributed by atoms with E-state index in [1.807, 2.05) is 6.08 Å². The molecule has 4 aliphatic rings. The fourth-order valence-electron chi connectivity index (χ4n) is 7.64. The minimum absolute atomic E-state index is 0.0732. The van der Waals surface area contributed by atoms with Gasteiger partial charge in [0.05, 0.1) is 31.3 Å². The summed E-state index contributed by atoms with van der Waals surface area (Å²) in [7, 11) is 1.78. The Balaban J connectivity index is 1.77. The van der Waals surface area contributed by atoms with Crippen LogP contribution in [0.1, 0.15) is 53.4 Å². The SMILES string of the molecule is COC1C(C)CC2(CC3=CC=C(C#N)CC3(C)C2C(=O)N(CC2(C)COC2)C(=N)N)C[C@@H]1C. The van der Waals surface area contributed by atoms with Gasteiger partial charge in [-0.15, -0.1) is 0 Å². The van der Waals surface area contributed by atoms with E-state index in [0.29, 0.717) is 43.6 Å². The van der Waals surface area contributed by atoms with Gasteiger partial charge in [-0.05, 0) is 49.0 Å². The first-order valence-corrected chi connectivity index (χ1v) is 12.0. The molecule has 3 aliphatic carbocycles. The Bertz CT molecular complexity index is 932. The molecule has 1 amide bonds. The number of hydrogen-bond acceptors (Lipinski definition) is 5. The highest BCUT2D eigenvalue weighted by Crippen LogP contribution is 2.67. The molecule has 4 rings (SSSR count). The van der Waals surface area contributed by atoms with E-state index in [4.69, 9.17) is 20.6 Å². The lowest BCUT2D eigenvalue weighted by atomic mass is 9.56. The fraction of sp³-hybridized carbons (Fsp3) is 0.731. The van der Waals surface area contributed by atoms with Gasteiger partial charge in [-0.2, -0.15) is 5.26 Å². The second-order valence-corrected chi connectivity index (χ2v) is 11.7. The van der Waals surface area contributed by atoms with E-state index in [9.17, 15) is 10.1 Å². The van der Waals surface area contributed by atoms with Crippen LogP contribution in [0.2, 0.25) is 0 Å². The van der Waals surface area contributed by atoms with Gasteiger partial charge in [0.1, 0.15) is 0 Å². The summed E-state index contributed by atoms with van der Waals surface area (Å²) in [5.74, 6) is -0.00132. The zero-order valence-corrected chi connectivity index (χ0v) is 20.6. The lowest BCUT2D eigenvalue weighted by Crippen LogP contribution is -2.58. The largest absolute Gasteiger partial charge is 0.381 e. The summed E-state index contributed by atoms with van der Waals surface area (Å²) in [5.41, 5.74) is 7.09. The highest BCUT2D eigenvalue weighted by atomic mass is 16.5. The zero-order chi connectivity index (χ0) is 24.2. The summed E-state index contributed by atoms with van der Waals surface area (Å²) in [6, 6.07) is 2.32. The number of methoxy groups -OCH3 is 1. The van der Waals surface area contributed by atoms with Crippen LogP contribution in [0.3, 0.4) is 0 Å². The molecule has 1 spiro atoms. The maximum absolute atomic E-state index is 14.4. The molecule has 0 bridgehead atoms. The van der Waals surface area contributed by atoms with Crippen molar-refractivity contribution in [1.29, 1.82) is 10.7 Å². The predicted molar refractivity (Wildman–Crippen MR) is 126 cm³/mol. The van der Waals surface area contributed by atoms with E-state index in [-0.39, 0.29) is 34.7 Å². The lowest BCUT2D eigenvalue weighted by molar-refractivity contribution is -0.152. The smallest absolute Gasteiger partial charge is 0.233 e. The number of carbonyl (C=O) groups excluding carboxylic acids is 1. The molecule has 3 fully saturated rings. The van der Waals surface area contributed by atoms with E-state index in [0.717, 1.165) is 19.3 Å². The first-order valence-electron chi connectivity index (χ1n) is 12.0. The Hall–Kier alpha value is -2.17. The van der Waals surface area contributed by atoms with E-state index < -0.39 is 5.41 Å². The third-order valence-electron chi connectivity index (χ3n) is 8.81. The molecule has 3 N–H and O–H groups in total. The van der Waals surface area contributed by atoms with Gasteiger partial charge < -0.3 is 15.2 Å². The summed E-state index contributed by atoms with van der Waals surface area (Å²) in [5, 5.41) is 17.9. The first-order chi connectivity index (χ1) is 15.5. The van der Waals surface area contributed by atoms with Gasteiger partial charge in [0, 0.05) is 30.1 Å². The topological polar surface area (TPSA) is 112 Å². The van der Waals surface area contributed by atoms with Crippen LogP contribution in [-0.4, -0.2) is 49.7 Å². The molecule has 2 saturated carbocycles. The number of carbonyl (C=O) groups is 1. The van der Waals surface area contributed by atoms with Crippen LogP contribution < -0.4 is 5.73 Å².